The molecule has 0 aromatic heterocycles. The van der Waals surface area contributed by atoms with Crippen molar-refractivity contribution in [3.63, 3.8) is 0 Å². The molecule has 3 atom stereocenters. The zero-order valence-corrected chi connectivity index (χ0v) is 12.2. The number of quaternary nitrogens is 1. The lowest BCUT2D eigenvalue weighted by Crippen LogP contribution is -2.87. The van der Waals surface area contributed by atoms with Crippen LogP contribution in [0, 0.1) is 0 Å². The van der Waals surface area contributed by atoms with Crippen LogP contribution in [-0.4, -0.2) is 11.9 Å². The van der Waals surface area contributed by atoms with E-state index in [1.165, 1.54) is 11.1 Å². The number of carbonyl (C=O) groups is 1. The molecule has 108 valence electrons. The number of benzene rings is 2. The summed E-state index contributed by atoms with van der Waals surface area (Å²) in [6.07, 6.45) is 0.525. The molecule has 0 bridgehead atoms. The van der Waals surface area contributed by atoms with E-state index in [0.717, 1.165) is 0 Å². The van der Waals surface area contributed by atoms with Gasteiger partial charge in [-0.15, -0.1) is 0 Å². The third kappa shape index (κ3) is 3.14. The van der Waals surface area contributed by atoms with E-state index in [-0.39, 0.29) is 24.0 Å². The van der Waals surface area contributed by atoms with E-state index in [0.29, 0.717) is 6.42 Å². The van der Waals surface area contributed by atoms with Crippen molar-refractivity contribution < 1.29 is 10.1 Å². The molecule has 3 unspecified atom stereocenters. The van der Waals surface area contributed by atoms with Crippen LogP contribution in [0.3, 0.4) is 0 Å². The summed E-state index contributed by atoms with van der Waals surface area (Å²) < 4.78 is 0. The Bertz CT molecular complexity index is 597. The van der Waals surface area contributed by atoms with Gasteiger partial charge in [0.15, 0.2) is 0 Å². The maximum absolute atomic E-state index is 12.1. The van der Waals surface area contributed by atoms with Crippen molar-refractivity contribution in [3.05, 3.63) is 71.8 Å². The van der Waals surface area contributed by atoms with Gasteiger partial charge in [0.05, 0.1) is 12.5 Å². The van der Waals surface area contributed by atoms with Crippen molar-refractivity contribution in [2.75, 3.05) is 0 Å². The highest BCUT2D eigenvalue weighted by Gasteiger charge is 2.33. The number of rotatable bonds is 2. The number of nitrogens with two attached hydrogens (primary N) is 1. The molecule has 1 saturated heterocycles. The predicted molar refractivity (Wildman–Crippen MR) is 82.5 cm³/mol. The molecule has 3 heteroatoms. The number of hydrogen-bond acceptors (Lipinski definition) is 1. The lowest BCUT2D eigenvalue weighted by molar-refractivity contribution is -0.734. The molecule has 3 nitrogen and oxygen atoms in total. The van der Waals surface area contributed by atoms with Gasteiger partial charge in [-0.2, -0.15) is 0 Å². The first-order chi connectivity index (χ1) is 10.2. The Kier molecular flexibility index (Phi) is 4.02. The molecule has 1 aliphatic rings. The van der Waals surface area contributed by atoms with E-state index >= 15 is 0 Å². The minimum absolute atomic E-state index is 0.119. The van der Waals surface area contributed by atoms with Gasteiger partial charge in [-0.1, -0.05) is 60.7 Å². The maximum Gasteiger partial charge on any atom is 0.226 e. The van der Waals surface area contributed by atoms with Gasteiger partial charge in [-0.25, -0.2) is 0 Å². The second-order valence-electron chi connectivity index (χ2n) is 5.71. The van der Waals surface area contributed by atoms with Crippen LogP contribution in [0.2, 0.25) is 0 Å². The smallest absolute Gasteiger partial charge is 0.226 e. The predicted octanol–water partition coefficient (Wildman–Crippen LogP) is 1.94. The van der Waals surface area contributed by atoms with Crippen LogP contribution in [-0.2, 0) is 4.79 Å². The van der Waals surface area contributed by atoms with Crippen molar-refractivity contribution in [1.29, 1.82) is 0 Å². The molecule has 3 rings (SSSR count). The van der Waals surface area contributed by atoms with Crippen LogP contribution in [0.4, 0.5) is 0 Å². The molecule has 0 saturated carbocycles. The van der Waals surface area contributed by atoms with Gasteiger partial charge in [0.25, 0.3) is 0 Å². The monoisotopic (exact) mass is 281 g/mol. The van der Waals surface area contributed by atoms with Crippen LogP contribution in [0.5, 0.6) is 0 Å². The number of carbonyl (C=O) groups excluding carboxylic acids is 1. The summed E-state index contributed by atoms with van der Waals surface area (Å²) in [5.74, 6) is 0.131. The van der Waals surface area contributed by atoms with Gasteiger partial charge < -0.3 is 10.6 Å². The second-order valence-corrected chi connectivity index (χ2v) is 5.71. The van der Waals surface area contributed by atoms with Gasteiger partial charge in [-0.05, 0) is 6.92 Å². The van der Waals surface area contributed by atoms with Crippen molar-refractivity contribution in [2.24, 2.45) is 0 Å². The molecule has 3 N–H and O–H groups in total. The van der Waals surface area contributed by atoms with Crippen molar-refractivity contribution in [2.45, 2.75) is 31.5 Å². The summed E-state index contributed by atoms with van der Waals surface area (Å²) in [6.45, 7) is 2.08. The molecule has 1 fully saturated rings. The van der Waals surface area contributed by atoms with E-state index in [2.05, 4.69) is 54.0 Å². The summed E-state index contributed by atoms with van der Waals surface area (Å²) in [6, 6.07) is 21.2. The quantitative estimate of drug-likeness (QED) is 0.868. The lowest BCUT2D eigenvalue weighted by atomic mass is 9.98. The Hall–Kier alpha value is -2.13. The number of nitrogens with one attached hydrogen (secondary N) is 1. The minimum atomic E-state index is 0.119. The Morgan fingerprint density at radius 1 is 0.952 bits per heavy atom. The zero-order valence-electron chi connectivity index (χ0n) is 12.2. The fourth-order valence-electron chi connectivity index (χ4n) is 3.09. The fourth-order valence-corrected chi connectivity index (χ4v) is 3.09. The average Bonchev–Trinajstić information content (AvgIpc) is 2.67. The molecule has 2 aromatic rings. The topological polar surface area (TPSA) is 45.7 Å². The normalized spacial score (nSPS) is 26.0. The van der Waals surface area contributed by atoms with E-state index < -0.39 is 0 Å². The molecule has 1 aliphatic heterocycles. The highest BCUT2D eigenvalue weighted by atomic mass is 16.1. The highest BCUT2D eigenvalue weighted by molar-refractivity contribution is 5.77. The molecule has 21 heavy (non-hydrogen) atoms. The van der Waals surface area contributed by atoms with Gasteiger partial charge >= 0.3 is 0 Å². The summed E-state index contributed by atoms with van der Waals surface area (Å²) in [5.41, 5.74) is 2.47. The van der Waals surface area contributed by atoms with Crippen molar-refractivity contribution in [1.82, 2.24) is 5.32 Å². The number of amides is 1. The van der Waals surface area contributed by atoms with E-state index in [1.807, 2.05) is 24.3 Å². The van der Waals surface area contributed by atoms with Crippen LogP contribution in [0.25, 0.3) is 0 Å². The lowest BCUT2D eigenvalue weighted by Gasteiger charge is -2.23. The summed E-state index contributed by atoms with van der Waals surface area (Å²) >= 11 is 0. The van der Waals surface area contributed by atoms with E-state index in [4.69, 9.17) is 0 Å². The van der Waals surface area contributed by atoms with Crippen molar-refractivity contribution in [3.8, 4) is 0 Å². The second kappa shape index (κ2) is 6.10. The standard InChI is InChI=1S/C18H20N2O/c1-13-18(15-10-6-3-7-11-15)20-16(12-17(21)19-13)14-8-4-2-5-9-14/h2-11,13,16,18,20H,12H2,1H3,(H,19,21)/p+1. The fraction of sp³-hybridized carbons (Fsp3) is 0.278. The Balaban J connectivity index is 1.91. The van der Waals surface area contributed by atoms with Gasteiger partial charge in [0.1, 0.15) is 12.1 Å². The molecule has 1 heterocycles. The highest BCUT2D eigenvalue weighted by Crippen LogP contribution is 2.20. The van der Waals surface area contributed by atoms with Crippen LogP contribution >= 0.6 is 0 Å². The minimum Gasteiger partial charge on any atom is -0.347 e. The zero-order chi connectivity index (χ0) is 14.7. The van der Waals surface area contributed by atoms with E-state index in [1.54, 1.807) is 0 Å². The molecular weight excluding hydrogens is 260 g/mol. The molecule has 0 aliphatic carbocycles. The first-order valence-electron chi connectivity index (χ1n) is 7.48. The van der Waals surface area contributed by atoms with Crippen LogP contribution in [0.15, 0.2) is 60.7 Å². The molecule has 0 radical (unpaired) electrons. The van der Waals surface area contributed by atoms with Crippen LogP contribution in [0.1, 0.15) is 36.6 Å². The van der Waals surface area contributed by atoms with Gasteiger partial charge in [0.2, 0.25) is 5.91 Å². The number of hydrogen-bond donors (Lipinski definition) is 2. The maximum atomic E-state index is 12.1. The third-order valence-corrected chi connectivity index (χ3v) is 4.18. The molecule has 0 spiro atoms. The van der Waals surface area contributed by atoms with Crippen molar-refractivity contribution >= 4 is 5.91 Å². The Morgan fingerprint density at radius 3 is 2.14 bits per heavy atom. The average molecular weight is 281 g/mol. The SMILES string of the molecule is CC1NC(=O)CC(c2ccccc2)[NH2+]C1c1ccccc1. The summed E-state index contributed by atoms with van der Waals surface area (Å²) in [7, 11) is 0. The molecule has 2 aromatic carbocycles. The first kappa shape index (κ1) is 13.8. The largest absolute Gasteiger partial charge is 0.347 e. The first-order valence-corrected chi connectivity index (χ1v) is 7.48. The summed E-state index contributed by atoms with van der Waals surface area (Å²) in [5, 5.41) is 5.45. The van der Waals surface area contributed by atoms with Gasteiger partial charge in [-0.3, -0.25) is 4.79 Å². The third-order valence-electron chi connectivity index (χ3n) is 4.18. The molecular formula is C18H21N2O+. The van der Waals surface area contributed by atoms with E-state index in [9.17, 15) is 4.79 Å². The Labute approximate surface area is 125 Å². The molecule has 1 amide bonds. The van der Waals surface area contributed by atoms with Gasteiger partial charge in [0, 0.05) is 11.1 Å². The Morgan fingerprint density at radius 2 is 1.52 bits per heavy atom. The van der Waals surface area contributed by atoms with Crippen LogP contribution < -0.4 is 10.6 Å². The summed E-state index contributed by atoms with van der Waals surface area (Å²) in [4.78, 5) is 12.1.